The Hall–Kier alpha value is -0.750. The highest BCUT2D eigenvalue weighted by Crippen LogP contribution is 2.36. The summed E-state index contributed by atoms with van der Waals surface area (Å²) in [5.74, 6) is -0.292. The normalized spacial score (nSPS) is 17.6. The summed E-state index contributed by atoms with van der Waals surface area (Å²) in [7, 11) is 0. The molecule has 1 saturated heterocycles. The number of phenolic OH excluding ortho intramolecular Hbond substituents is 1. The number of benzene rings is 1. The van der Waals surface area contributed by atoms with E-state index in [0.29, 0.717) is 21.3 Å². The first-order valence-corrected chi connectivity index (χ1v) is 7.35. The third-order valence-corrected chi connectivity index (χ3v) is 4.48. The number of hydrogen-bond acceptors (Lipinski definition) is 4. The molecule has 0 saturated carbocycles. The number of likely N-dealkylation sites (N-methyl/N-ethyl adjacent to an activating group) is 1. The number of rotatable bonds is 2. The van der Waals surface area contributed by atoms with Crippen molar-refractivity contribution in [3.05, 3.63) is 32.6 Å². The van der Waals surface area contributed by atoms with Crippen molar-refractivity contribution in [1.29, 1.82) is 0 Å². The van der Waals surface area contributed by atoms with Gasteiger partial charge in [-0.05, 0) is 30.7 Å². The smallest absolute Gasteiger partial charge is 0.266 e. The first-order chi connectivity index (χ1) is 8.93. The van der Waals surface area contributed by atoms with Gasteiger partial charge in [0.05, 0.1) is 15.0 Å². The van der Waals surface area contributed by atoms with E-state index in [2.05, 4.69) is 0 Å². The fourth-order valence-corrected chi connectivity index (χ4v) is 3.48. The van der Waals surface area contributed by atoms with E-state index in [9.17, 15) is 9.90 Å². The fraction of sp³-hybridized carbons (Fsp3) is 0.167. The lowest BCUT2D eigenvalue weighted by Crippen LogP contribution is -2.27. The van der Waals surface area contributed by atoms with E-state index in [-0.39, 0.29) is 21.7 Å². The highest BCUT2D eigenvalue weighted by Gasteiger charge is 2.30. The quantitative estimate of drug-likeness (QED) is 0.657. The predicted octanol–water partition coefficient (Wildman–Crippen LogP) is 3.92. The van der Waals surface area contributed by atoms with Crippen molar-refractivity contribution in [3.63, 3.8) is 0 Å². The molecule has 1 heterocycles. The van der Waals surface area contributed by atoms with Crippen LogP contribution in [0.15, 0.2) is 17.0 Å². The maximum absolute atomic E-state index is 12.0. The predicted molar refractivity (Wildman–Crippen MR) is 83.7 cm³/mol. The van der Waals surface area contributed by atoms with Gasteiger partial charge in [-0.1, -0.05) is 47.2 Å². The highest BCUT2D eigenvalue weighted by atomic mass is 35.5. The van der Waals surface area contributed by atoms with E-state index in [1.165, 1.54) is 16.7 Å². The SMILES string of the molecule is CCN1C(=O)C(=Cc2cc(Cl)c(O)c(Cl)c2)SC1=S. The molecule has 0 aromatic heterocycles. The van der Waals surface area contributed by atoms with Crippen LogP contribution in [0.4, 0.5) is 0 Å². The van der Waals surface area contributed by atoms with Crippen LogP contribution in [0.5, 0.6) is 5.75 Å². The number of aromatic hydroxyl groups is 1. The van der Waals surface area contributed by atoms with Gasteiger partial charge in [-0.25, -0.2) is 0 Å². The van der Waals surface area contributed by atoms with Gasteiger partial charge in [-0.15, -0.1) is 0 Å². The first-order valence-electron chi connectivity index (χ1n) is 5.37. The lowest BCUT2D eigenvalue weighted by Gasteiger charge is -2.09. The molecule has 0 bridgehead atoms. The van der Waals surface area contributed by atoms with E-state index in [1.807, 2.05) is 6.92 Å². The second-order valence-electron chi connectivity index (χ2n) is 3.76. The van der Waals surface area contributed by atoms with Crippen LogP contribution in [0.3, 0.4) is 0 Å². The maximum atomic E-state index is 12.0. The summed E-state index contributed by atoms with van der Waals surface area (Å²) in [6, 6.07) is 3.09. The first kappa shape index (κ1) is 14.7. The van der Waals surface area contributed by atoms with Gasteiger partial charge in [0.2, 0.25) is 0 Å². The number of carbonyl (C=O) groups is 1. The molecule has 0 unspecified atom stereocenters. The average Bonchev–Trinajstić information content (AvgIpc) is 2.61. The average molecular weight is 334 g/mol. The number of phenols is 1. The Morgan fingerprint density at radius 2 is 2.00 bits per heavy atom. The zero-order chi connectivity index (χ0) is 14.2. The summed E-state index contributed by atoms with van der Waals surface area (Å²) in [6.07, 6.45) is 1.66. The molecule has 2 rings (SSSR count). The van der Waals surface area contributed by atoms with Crippen molar-refractivity contribution >= 4 is 63.5 Å². The van der Waals surface area contributed by atoms with Crippen LogP contribution in [0.25, 0.3) is 6.08 Å². The Bertz CT molecular complexity index is 578. The lowest BCUT2D eigenvalue weighted by atomic mass is 10.2. The topological polar surface area (TPSA) is 40.5 Å². The van der Waals surface area contributed by atoms with Gasteiger partial charge in [0, 0.05) is 6.54 Å². The molecule has 0 aliphatic carbocycles. The number of halogens is 2. The van der Waals surface area contributed by atoms with Crippen molar-refractivity contribution in [2.45, 2.75) is 6.92 Å². The zero-order valence-corrected chi connectivity index (χ0v) is 13.0. The Labute approximate surface area is 130 Å². The van der Waals surface area contributed by atoms with Crippen molar-refractivity contribution in [2.24, 2.45) is 0 Å². The van der Waals surface area contributed by atoms with Gasteiger partial charge >= 0.3 is 0 Å². The maximum Gasteiger partial charge on any atom is 0.266 e. The Balaban J connectivity index is 2.38. The van der Waals surface area contributed by atoms with E-state index in [1.54, 1.807) is 18.2 Å². The molecule has 1 fully saturated rings. The molecule has 1 aromatic rings. The van der Waals surface area contributed by atoms with E-state index >= 15 is 0 Å². The second-order valence-corrected chi connectivity index (χ2v) is 6.25. The molecule has 1 N–H and O–H groups in total. The number of thioether (sulfide) groups is 1. The van der Waals surface area contributed by atoms with Gasteiger partial charge < -0.3 is 5.11 Å². The van der Waals surface area contributed by atoms with E-state index < -0.39 is 0 Å². The minimum atomic E-state index is -0.165. The molecule has 1 aromatic carbocycles. The molecule has 1 amide bonds. The van der Waals surface area contributed by atoms with Crippen LogP contribution >= 0.6 is 47.2 Å². The Kier molecular flexibility index (Phi) is 4.40. The molecular weight excluding hydrogens is 325 g/mol. The van der Waals surface area contributed by atoms with Crippen LogP contribution < -0.4 is 0 Å². The summed E-state index contributed by atoms with van der Waals surface area (Å²) >= 11 is 18.0. The molecule has 19 heavy (non-hydrogen) atoms. The summed E-state index contributed by atoms with van der Waals surface area (Å²) in [5, 5.41) is 9.77. The minimum absolute atomic E-state index is 0.127. The Morgan fingerprint density at radius 3 is 2.47 bits per heavy atom. The summed E-state index contributed by atoms with van der Waals surface area (Å²) in [4.78, 5) is 14.1. The third kappa shape index (κ3) is 2.89. The molecular formula is C12H9Cl2NO2S2. The monoisotopic (exact) mass is 333 g/mol. The third-order valence-electron chi connectivity index (χ3n) is 2.53. The van der Waals surface area contributed by atoms with E-state index in [4.69, 9.17) is 35.4 Å². The summed E-state index contributed by atoms with van der Waals surface area (Å²) in [6.45, 7) is 2.40. The minimum Gasteiger partial charge on any atom is -0.505 e. The number of carbonyl (C=O) groups excluding carboxylic acids is 1. The molecule has 1 aliphatic rings. The Morgan fingerprint density at radius 1 is 1.42 bits per heavy atom. The molecule has 100 valence electrons. The number of hydrogen-bond donors (Lipinski definition) is 1. The zero-order valence-electron chi connectivity index (χ0n) is 9.81. The number of thiocarbonyl (C=S) groups is 1. The van der Waals surface area contributed by atoms with Crippen LogP contribution in [-0.4, -0.2) is 26.8 Å². The standard InChI is InChI=1S/C12H9Cl2NO2S2/c1-2-15-11(17)9(19-12(15)18)5-6-3-7(13)10(16)8(14)4-6/h3-5,16H,2H2,1H3. The largest absolute Gasteiger partial charge is 0.505 e. The highest BCUT2D eigenvalue weighted by molar-refractivity contribution is 8.26. The molecule has 3 nitrogen and oxygen atoms in total. The fourth-order valence-electron chi connectivity index (χ4n) is 1.59. The summed E-state index contributed by atoms with van der Waals surface area (Å²) < 4.78 is 0.537. The molecule has 0 radical (unpaired) electrons. The van der Waals surface area contributed by atoms with Gasteiger partial charge in [-0.2, -0.15) is 0 Å². The lowest BCUT2D eigenvalue weighted by molar-refractivity contribution is -0.121. The van der Waals surface area contributed by atoms with Crippen molar-refractivity contribution in [3.8, 4) is 5.75 Å². The summed E-state index contributed by atoms with van der Waals surface area (Å²) in [5.41, 5.74) is 0.643. The number of amides is 1. The van der Waals surface area contributed by atoms with Gasteiger partial charge in [0.15, 0.2) is 5.75 Å². The second kappa shape index (κ2) is 5.71. The van der Waals surface area contributed by atoms with Crippen LogP contribution in [0, 0.1) is 0 Å². The van der Waals surface area contributed by atoms with E-state index in [0.717, 1.165) is 0 Å². The van der Waals surface area contributed by atoms with Gasteiger partial charge in [-0.3, -0.25) is 9.69 Å². The molecule has 1 aliphatic heterocycles. The van der Waals surface area contributed by atoms with Crippen molar-refractivity contribution in [2.75, 3.05) is 6.54 Å². The molecule has 7 heteroatoms. The van der Waals surface area contributed by atoms with Crippen molar-refractivity contribution in [1.82, 2.24) is 4.90 Å². The van der Waals surface area contributed by atoms with Crippen LogP contribution in [-0.2, 0) is 4.79 Å². The van der Waals surface area contributed by atoms with Gasteiger partial charge in [0.25, 0.3) is 5.91 Å². The van der Waals surface area contributed by atoms with Gasteiger partial charge in [0.1, 0.15) is 4.32 Å². The number of nitrogens with zero attached hydrogens (tertiary/aromatic N) is 1. The van der Waals surface area contributed by atoms with Crippen LogP contribution in [0.2, 0.25) is 10.0 Å². The molecule has 0 spiro atoms. The van der Waals surface area contributed by atoms with Crippen LogP contribution in [0.1, 0.15) is 12.5 Å². The van der Waals surface area contributed by atoms with Crippen molar-refractivity contribution < 1.29 is 9.90 Å². The molecule has 0 atom stereocenters.